The van der Waals surface area contributed by atoms with E-state index in [2.05, 4.69) is 20.2 Å². The molecular weight excluding hydrogens is 280 g/mol. The largest absolute Gasteiger partial charge is 0.468 e. The van der Waals surface area contributed by atoms with Crippen LogP contribution in [-0.4, -0.2) is 25.7 Å². The maximum absolute atomic E-state index is 12.5. The van der Waals surface area contributed by atoms with Gasteiger partial charge in [0, 0.05) is 6.54 Å². The second-order valence-electron chi connectivity index (χ2n) is 4.51. The molecule has 2 aromatic heterocycles. The van der Waals surface area contributed by atoms with E-state index in [1.807, 2.05) is 0 Å². The number of nitrogens with zero attached hydrogens (tertiary/aromatic N) is 1. The van der Waals surface area contributed by atoms with Crippen molar-refractivity contribution < 1.29 is 12.8 Å². The number of H-pyrrole nitrogens is 1. The van der Waals surface area contributed by atoms with E-state index in [0.717, 1.165) is 0 Å². The Hall–Kier alpha value is -1.64. The Kier molecular flexibility index (Phi) is 4.26. The highest BCUT2D eigenvalue weighted by Gasteiger charge is 2.26. The van der Waals surface area contributed by atoms with Crippen LogP contribution in [0.1, 0.15) is 30.1 Å². The average Bonchev–Trinajstić information content (AvgIpc) is 2.99. The lowest BCUT2D eigenvalue weighted by atomic mass is 10.3. The van der Waals surface area contributed by atoms with Crippen molar-refractivity contribution in [3.05, 3.63) is 35.5 Å². The standard InChI is InChI=1S/C12H18N4O3S/c1-8(11-5-4-6-19-11)16-20(17,18)12-9(2)14-15-10(12)7-13-3/h4-6,8,13,16H,7H2,1-3H3,(H,14,15). The van der Waals surface area contributed by atoms with Crippen LogP contribution in [0.5, 0.6) is 0 Å². The predicted molar refractivity (Wildman–Crippen MR) is 73.5 cm³/mol. The average molecular weight is 298 g/mol. The highest BCUT2D eigenvalue weighted by molar-refractivity contribution is 7.89. The van der Waals surface area contributed by atoms with Crippen LogP contribution in [0.3, 0.4) is 0 Å². The molecule has 0 bridgehead atoms. The molecule has 2 rings (SSSR count). The van der Waals surface area contributed by atoms with E-state index in [9.17, 15) is 8.42 Å². The SMILES string of the molecule is CNCc1n[nH]c(C)c1S(=O)(=O)NC(C)c1ccco1. The summed E-state index contributed by atoms with van der Waals surface area (Å²) < 4.78 is 32.7. The van der Waals surface area contributed by atoms with E-state index in [0.29, 0.717) is 23.7 Å². The molecule has 8 heteroatoms. The van der Waals surface area contributed by atoms with Gasteiger partial charge < -0.3 is 9.73 Å². The van der Waals surface area contributed by atoms with E-state index in [1.54, 1.807) is 33.0 Å². The van der Waals surface area contributed by atoms with Gasteiger partial charge in [-0.15, -0.1) is 0 Å². The first kappa shape index (κ1) is 14.8. The second-order valence-corrected chi connectivity index (χ2v) is 6.16. The molecule has 2 heterocycles. The number of hydrogen-bond acceptors (Lipinski definition) is 5. The van der Waals surface area contributed by atoms with E-state index in [4.69, 9.17) is 4.42 Å². The number of rotatable bonds is 6. The molecule has 110 valence electrons. The van der Waals surface area contributed by atoms with Crippen molar-refractivity contribution in [2.75, 3.05) is 7.05 Å². The molecule has 20 heavy (non-hydrogen) atoms. The van der Waals surface area contributed by atoms with Crippen molar-refractivity contribution in [3.63, 3.8) is 0 Å². The number of nitrogens with one attached hydrogen (secondary N) is 3. The van der Waals surface area contributed by atoms with Crippen LogP contribution in [0.2, 0.25) is 0 Å². The molecule has 0 radical (unpaired) electrons. The third-order valence-electron chi connectivity index (χ3n) is 2.88. The van der Waals surface area contributed by atoms with Crippen molar-refractivity contribution >= 4 is 10.0 Å². The summed E-state index contributed by atoms with van der Waals surface area (Å²) in [5, 5.41) is 9.61. The molecule has 0 saturated carbocycles. The number of hydrogen-bond donors (Lipinski definition) is 3. The van der Waals surface area contributed by atoms with Crippen LogP contribution in [0.15, 0.2) is 27.7 Å². The zero-order valence-corrected chi connectivity index (χ0v) is 12.4. The molecule has 1 atom stereocenters. The summed E-state index contributed by atoms with van der Waals surface area (Å²) in [6.45, 7) is 3.78. The first-order valence-corrected chi connectivity index (χ1v) is 7.68. The summed E-state index contributed by atoms with van der Waals surface area (Å²) in [4.78, 5) is 0.185. The summed E-state index contributed by atoms with van der Waals surface area (Å²) in [6, 6.07) is 2.99. The van der Waals surface area contributed by atoms with Gasteiger partial charge in [-0.1, -0.05) is 0 Å². The minimum Gasteiger partial charge on any atom is -0.468 e. The summed E-state index contributed by atoms with van der Waals surface area (Å²) in [6.07, 6.45) is 1.51. The number of sulfonamides is 1. The molecule has 0 amide bonds. The highest BCUT2D eigenvalue weighted by atomic mass is 32.2. The Morgan fingerprint density at radius 3 is 2.85 bits per heavy atom. The summed E-state index contributed by atoms with van der Waals surface area (Å²) in [5.74, 6) is 0.560. The normalized spacial score (nSPS) is 13.6. The van der Waals surface area contributed by atoms with Gasteiger partial charge in [-0.3, -0.25) is 5.10 Å². The van der Waals surface area contributed by atoms with Gasteiger partial charge in [-0.05, 0) is 33.0 Å². The van der Waals surface area contributed by atoms with Crippen molar-refractivity contribution in [1.29, 1.82) is 0 Å². The third-order valence-corrected chi connectivity index (χ3v) is 4.62. The van der Waals surface area contributed by atoms with Crippen LogP contribution in [0, 0.1) is 6.92 Å². The summed E-state index contributed by atoms with van der Waals surface area (Å²) in [7, 11) is -1.93. The van der Waals surface area contributed by atoms with Crippen molar-refractivity contribution in [3.8, 4) is 0 Å². The molecule has 1 unspecified atom stereocenters. The smallest absolute Gasteiger partial charge is 0.244 e. The van der Waals surface area contributed by atoms with E-state index >= 15 is 0 Å². The monoisotopic (exact) mass is 298 g/mol. The highest BCUT2D eigenvalue weighted by Crippen LogP contribution is 2.21. The Morgan fingerprint density at radius 1 is 1.50 bits per heavy atom. The quantitative estimate of drug-likeness (QED) is 0.740. The molecule has 0 aliphatic carbocycles. The zero-order chi connectivity index (χ0) is 14.8. The molecule has 3 N–H and O–H groups in total. The van der Waals surface area contributed by atoms with Crippen molar-refractivity contribution in [1.82, 2.24) is 20.2 Å². The number of aromatic amines is 1. The molecule has 0 fully saturated rings. The topological polar surface area (TPSA) is 100 Å². The lowest BCUT2D eigenvalue weighted by molar-refractivity contribution is 0.459. The molecular formula is C12H18N4O3S. The molecule has 0 aliphatic rings. The maximum Gasteiger partial charge on any atom is 0.244 e. The van der Waals surface area contributed by atoms with Gasteiger partial charge in [0.15, 0.2) is 0 Å². The van der Waals surface area contributed by atoms with E-state index < -0.39 is 16.1 Å². The number of aryl methyl sites for hydroxylation is 1. The fourth-order valence-corrected chi connectivity index (χ4v) is 3.58. The van der Waals surface area contributed by atoms with Crippen molar-refractivity contribution in [2.45, 2.75) is 31.3 Å². The lowest BCUT2D eigenvalue weighted by Crippen LogP contribution is -2.28. The second kappa shape index (κ2) is 5.78. The van der Waals surface area contributed by atoms with Gasteiger partial charge in [-0.25, -0.2) is 13.1 Å². The Labute approximate surface area is 117 Å². The van der Waals surface area contributed by atoms with Crippen LogP contribution in [0.4, 0.5) is 0 Å². The van der Waals surface area contributed by atoms with Gasteiger partial charge in [0.05, 0.1) is 23.7 Å². The molecule has 0 spiro atoms. The predicted octanol–water partition coefficient (Wildman–Crippen LogP) is 1.07. The fourth-order valence-electron chi connectivity index (χ4n) is 2.00. The van der Waals surface area contributed by atoms with Gasteiger partial charge >= 0.3 is 0 Å². The van der Waals surface area contributed by atoms with Gasteiger partial charge in [0.25, 0.3) is 0 Å². The summed E-state index contributed by atoms with van der Waals surface area (Å²) in [5.41, 5.74) is 0.971. The molecule has 0 aliphatic heterocycles. The molecule has 0 saturated heterocycles. The minimum absolute atomic E-state index is 0.185. The molecule has 2 aromatic rings. The summed E-state index contributed by atoms with van der Waals surface area (Å²) >= 11 is 0. The minimum atomic E-state index is -3.67. The fraction of sp³-hybridized carbons (Fsp3) is 0.417. The third kappa shape index (κ3) is 2.92. The lowest BCUT2D eigenvalue weighted by Gasteiger charge is -2.12. The van der Waals surface area contributed by atoms with Crippen LogP contribution in [0.25, 0.3) is 0 Å². The van der Waals surface area contributed by atoms with Crippen LogP contribution in [-0.2, 0) is 16.6 Å². The zero-order valence-electron chi connectivity index (χ0n) is 11.6. The van der Waals surface area contributed by atoms with Crippen molar-refractivity contribution in [2.24, 2.45) is 0 Å². The van der Waals surface area contributed by atoms with Crippen LogP contribution < -0.4 is 10.0 Å². The van der Waals surface area contributed by atoms with Gasteiger partial charge in [-0.2, -0.15) is 5.10 Å². The molecule has 0 aromatic carbocycles. The van der Waals surface area contributed by atoms with Crippen LogP contribution >= 0.6 is 0 Å². The van der Waals surface area contributed by atoms with Gasteiger partial charge in [0.2, 0.25) is 10.0 Å². The van der Waals surface area contributed by atoms with E-state index in [-0.39, 0.29) is 4.90 Å². The van der Waals surface area contributed by atoms with Gasteiger partial charge in [0.1, 0.15) is 10.7 Å². The Balaban J connectivity index is 2.29. The first-order valence-electron chi connectivity index (χ1n) is 6.20. The number of aromatic nitrogens is 2. The Bertz CT molecular complexity index is 661. The Morgan fingerprint density at radius 2 is 2.25 bits per heavy atom. The first-order chi connectivity index (χ1) is 9.45. The van der Waals surface area contributed by atoms with E-state index in [1.165, 1.54) is 6.26 Å². The molecule has 7 nitrogen and oxygen atoms in total. The number of furan rings is 1. The maximum atomic E-state index is 12.5.